The van der Waals surface area contributed by atoms with Crippen molar-refractivity contribution in [3.8, 4) is 0 Å². The summed E-state index contributed by atoms with van der Waals surface area (Å²) in [7, 11) is 0. The Labute approximate surface area is 147 Å². The number of carbonyl (C=O) groups excluding carboxylic acids is 1. The van der Waals surface area contributed by atoms with Crippen molar-refractivity contribution in [2.75, 3.05) is 19.6 Å². The largest absolute Gasteiger partial charge is 0.303 e. The molecule has 2 aliphatic rings. The molecule has 1 aromatic rings. The molecule has 1 saturated heterocycles. The van der Waals surface area contributed by atoms with Gasteiger partial charge in [0.25, 0.3) is 0 Å². The average Bonchev–Trinajstić information content (AvgIpc) is 2.55. The average molecular weight is 356 g/mol. The van der Waals surface area contributed by atoms with Crippen molar-refractivity contribution in [2.24, 2.45) is 11.8 Å². The summed E-state index contributed by atoms with van der Waals surface area (Å²) in [5, 5.41) is 0.630. The number of benzene rings is 1. The van der Waals surface area contributed by atoms with Crippen LogP contribution in [0.2, 0.25) is 5.02 Å². The summed E-state index contributed by atoms with van der Waals surface area (Å²) in [5.74, 6) is -2.17. The fraction of sp³-hybridized carbons (Fsp3) is 0.632. The van der Waals surface area contributed by atoms with Crippen LogP contribution in [0.15, 0.2) is 24.3 Å². The van der Waals surface area contributed by atoms with E-state index in [-0.39, 0.29) is 30.5 Å². The summed E-state index contributed by atoms with van der Waals surface area (Å²) in [6.07, 6.45) is 3.22. The molecular weight excluding hydrogens is 332 g/mol. The van der Waals surface area contributed by atoms with Crippen LogP contribution in [-0.2, 0) is 0 Å². The predicted molar refractivity (Wildman–Crippen MR) is 91.9 cm³/mol. The lowest BCUT2D eigenvalue weighted by atomic mass is 9.84. The maximum absolute atomic E-state index is 13.5. The molecule has 1 atom stereocenters. The molecular formula is C19H24ClF2NO. The first-order valence-corrected chi connectivity index (χ1v) is 9.21. The first-order valence-electron chi connectivity index (χ1n) is 8.83. The van der Waals surface area contributed by atoms with Crippen LogP contribution in [0.3, 0.4) is 0 Å². The standard InChI is InChI=1S/C19H24ClF2NO/c20-17-5-3-15(4-6-17)18(24)16-7-10-23(11-8-16)13-14-2-1-9-19(21,22)12-14/h3-6,14,16H,1-2,7-13H2. The van der Waals surface area contributed by atoms with Crippen LogP contribution in [-0.4, -0.2) is 36.2 Å². The zero-order chi connectivity index (χ0) is 17.2. The molecule has 3 rings (SSSR count). The monoisotopic (exact) mass is 355 g/mol. The van der Waals surface area contributed by atoms with Gasteiger partial charge in [0.05, 0.1) is 0 Å². The fourth-order valence-corrected chi connectivity index (χ4v) is 4.15. The molecule has 1 heterocycles. The minimum atomic E-state index is -2.48. The lowest BCUT2D eigenvalue weighted by molar-refractivity contribution is -0.0577. The Bertz CT molecular complexity index is 567. The van der Waals surface area contributed by atoms with Gasteiger partial charge in [-0.25, -0.2) is 8.78 Å². The Kier molecular flexibility index (Phi) is 5.56. The number of halogens is 3. The third-order valence-corrected chi connectivity index (χ3v) is 5.60. The van der Waals surface area contributed by atoms with Crippen LogP contribution in [0.1, 0.15) is 48.9 Å². The van der Waals surface area contributed by atoms with Gasteiger partial charge in [0.1, 0.15) is 0 Å². The van der Waals surface area contributed by atoms with E-state index in [1.807, 2.05) is 0 Å². The van der Waals surface area contributed by atoms with E-state index in [2.05, 4.69) is 4.90 Å². The molecule has 0 radical (unpaired) electrons. The quantitative estimate of drug-likeness (QED) is 0.703. The summed E-state index contributed by atoms with van der Waals surface area (Å²) >= 11 is 5.86. The molecule has 0 amide bonds. The lowest BCUT2D eigenvalue weighted by Gasteiger charge is -2.36. The summed E-state index contributed by atoms with van der Waals surface area (Å²) in [6, 6.07) is 7.04. The molecule has 132 valence electrons. The topological polar surface area (TPSA) is 20.3 Å². The van der Waals surface area contributed by atoms with Crippen LogP contribution in [0.25, 0.3) is 0 Å². The molecule has 1 unspecified atom stereocenters. The highest BCUT2D eigenvalue weighted by Gasteiger charge is 2.37. The van der Waals surface area contributed by atoms with Crippen molar-refractivity contribution >= 4 is 17.4 Å². The van der Waals surface area contributed by atoms with Crippen molar-refractivity contribution in [3.05, 3.63) is 34.9 Å². The summed E-state index contributed by atoms with van der Waals surface area (Å²) < 4.78 is 27.0. The second-order valence-corrected chi connectivity index (χ2v) is 7.70. The van der Waals surface area contributed by atoms with E-state index in [4.69, 9.17) is 11.6 Å². The molecule has 2 nitrogen and oxygen atoms in total. The van der Waals surface area contributed by atoms with E-state index >= 15 is 0 Å². The van der Waals surface area contributed by atoms with Gasteiger partial charge in [0, 0.05) is 35.9 Å². The fourth-order valence-electron chi connectivity index (χ4n) is 4.02. The molecule has 1 saturated carbocycles. The highest BCUT2D eigenvalue weighted by molar-refractivity contribution is 6.30. The number of hydrogen-bond acceptors (Lipinski definition) is 2. The zero-order valence-electron chi connectivity index (χ0n) is 13.8. The minimum absolute atomic E-state index is 0.0244. The van der Waals surface area contributed by atoms with Crippen LogP contribution in [0.5, 0.6) is 0 Å². The van der Waals surface area contributed by atoms with Gasteiger partial charge in [0.15, 0.2) is 5.78 Å². The van der Waals surface area contributed by atoms with Crippen molar-refractivity contribution in [3.63, 3.8) is 0 Å². The number of hydrogen-bond donors (Lipinski definition) is 0. The van der Waals surface area contributed by atoms with E-state index in [1.54, 1.807) is 24.3 Å². The second-order valence-electron chi connectivity index (χ2n) is 7.26. The van der Waals surface area contributed by atoms with Gasteiger partial charge >= 0.3 is 0 Å². The molecule has 0 bridgehead atoms. The number of alkyl halides is 2. The molecule has 1 aliphatic heterocycles. The molecule has 0 N–H and O–H groups in total. The lowest BCUT2D eigenvalue weighted by Crippen LogP contribution is -2.41. The van der Waals surface area contributed by atoms with Gasteiger partial charge in [-0.3, -0.25) is 4.79 Å². The number of nitrogens with zero attached hydrogens (tertiary/aromatic N) is 1. The molecule has 2 fully saturated rings. The van der Waals surface area contributed by atoms with Crippen molar-refractivity contribution in [2.45, 2.75) is 44.4 Å². The van der Waals surface area contributed by atoms with E-state index in [0.717, 1.165) is 38.9 Å². The van der Waals surface area contributed by atoms with E-state index in [9.17, 15) is 13.6 Å². The predicted octanol–water partition coefficient (Wildman–Crippen LogP) is 5.06. The number of carbonyl (C=O) groups is 1. The van der Waals surface area contributed by atoms with E-state index in [1.165, 1.54) is 0 Å². The van der Waals surface area contributed by atoms with Crippen molar-refractivity contribution < 1.29 is 13.6 Å². The van der Waals surface area contributed by atoms with Crippen molar-refractivity contribution in [1.82, 2.24) is 4.90 Å². The van der Waals surface area contributed by atoms with Gasteiger partial charge in [-0.1, -0.05) is 11.6 Å². The van der Waals surface area contributed by atoms with Gasteiger partial charge in [0.2, 0.25) is 5.92 Å². The molecule has 1 aromatic carbocycles. The SMILES string of the molecule is O=C(c1ccc(Cl)cc1)C1CCN(CC2CCCC(F)(F)C2)CC1. The number of piperidine rings is 1. The molecule has 1 aliphatic carbocycles. The van der Waals surface area contributed by atoms with Gasteiger partial charge in [-0.2, -0.15) is 0 Å². The normalized spacial score (nSPS) is 25.5. The maximum atomic E-state index is 13.5. The summed E-state index contributed by atoms with van der Waals surface area (Å²) in [5.41, 5.74) is 0.713. The summed E-state index contributed by atoms with van der Waals surface area (Å²) in [6.45, 7) is 2.40. The van der Waals surface area contributed by atoms with Crippen LogP contribution in [0, 0.1) is 11.8 Å². The molecule has 5 heteroatoms. The van der Waals surface area contributed by atoms with Crippen LogP contribution >= 0.6 is 11.6 Å². The number of likely N-dealkylation sites (tertiary alicyclic amines) is 1. The van der Waals surface area contributed by atoms with Gasteiger partial charge < -0.3 is 4.90 Å². The Morgan fingerprint density at radius 2 is 1.83 bits per heavy atom. The third kappa shape index (κ3) is 4.54. The number of rotatable bonds is 4. The first kappa shape index (κ1) is 17.8. The Morgan fingerprint density at radius 1 is 1.17 bits per heavy atom. The molecule has 24 heavy (non-hydrogen) atoms. The van der Waals surface area contributed by atoms with E-state index < -0.39 is 5.92 Å². The number of ketones is 1. The maximum Gasteiger partial charge on any atom is 0.248 e. The highest BCUT2D eigenvalue weighted by atomic mass is 35.5. The van der Waals surface area contributed by atoms with Crippen LogP contribution in [0.4, 0.5) is 8.78 Å². The van der Waals surface area contributed by atoms with Crippen molar-refractivity contribution in [1.29, 1.82) is 0 Å². The molecule has 0 aromatic heterocycles. The molecule has 0 spiro atoms. The number of Topliss-reactive ketones (excluding diaryl/α,β-unsaturated/α-hetero) is 1. The Balaban J connectivity index is 1.49. The zero-order valence-corrected chi connectivity index (χ0v) is 14.6. The summed E-state index contributed by atoms with van der Waals surface area (Å²) in [4.78, 5) is 14.8. The third-order valence-electron chi connectivity index (χ3n) is 5.35. The van der Waals surface area contributed by atoms with Gasteiger partial charge in [-0.05, 0) is 69.0 Å². The van der Waals surface area contributed by atoms with E-state index in [0.29, 0.717) is 17.0 Å². The van der Waals surface area contributed by atoms with Gasteiger partial charge in [-0.15, -0.1) is 0 Å². The Hall–Kier alpha value is -1.00. The smallest absolute Gasteiger partial charge is 0.248 e. The minimum Gasteiger partial charge on any atom is -0.303 e. The van der Waals surface area contributed by atoms with Crippen LogP contribution < -0.4 is 0 Å². The Morgan fingerprint density at radius 3 is 2.46 bits per heavy atom. The second kappa shape index (κ2) is 7.49. The highest BCUT2D eigenvalue weighted by Crippen LogP contribution is 2.37. The first-order chi connectivity index (χ1) is 11.4.